The summed E-state index contributed by atoms with van der Waals surface area (Å²) >= 11 is 1.47. The maximum absolute atomic E-state index is 11.9. The number of hydrogen-bond acceptors (Lipinski definition) is 5. The lowest BCUT2D eigenvalue weighted by Gasteiger charge is -2.15. The quantitative estimate of drug-likeness (QED) is 0.781. The number of nitrogens with zero attached hydrogens (tertiary/aromatic N) is 2. The van der Waals surface area contributed by atoms with Crippen molar-refractivity contribution >= 4 is 23.4 Å². The zero-order valence-electron chi connectivity index (χ0n) is 11.3. The first-order chi connectivity index (χ1) is 9.56. The summed E-state index contributed by atoms with van der Waals surface area (Å²) in [4.78, 5) is 16.9. The van der Waals surface area contributed by atoms with Crippen LogP contribution in [0.15, 0.2) is 40.6 Å². The smallest absolute Gasteiger partial charge is 0.228 e. The zero-order valence-corrected chi connectivity index (χ0v) is 12.1. The van der Waals surface area contributed by atoms with Gasteiger partial charge in [0.15, 0.2) is 5.16 Å². The molecule has 7 heteroatoms. The van der Waals surface area contributed by atoms with Gasteiger partial charge in [-0.2, -0.15) is 5.10 Å². The van der Waals surface area contributed by atoms with Gasteiger partial charge in [0.2, 0.25) is 5.91 Å². The molecule has 1 aromatic carbocycles. The molecular weight excluding hydrogens is 274 g/mol. The van der Waals surface area contributed by atoms with Crippen LogP contribution in [0.2, 0.25) is 0 Å². The van der Waals surface area contributed by atoms with Crippen molar-refractivity contribution < 1.29 is 4.79 Å². The van der Waals surface area contributed by atoms with Crippen LogP contribution in [0.5, 0.6) is 0 Å². The molecule has 2 aromatic rings. The fourth-order valence-electron chi connectivity index (χ4n) is 1.46. The normalized spacial score (nSPS) is 13.8. The van der Waals surface area contributed by atoms with Crippen molar-refractivity contribution in [2.45, 2.75) is 29.9 Å². The van der Waals surface area contributed by atoms with Gasteiger partial charge in [-0.25, -0.2) is 4.98 Å². The van der Waals surface area contributed by atoms with Crippen LogP contribution >= 0.6 is 11.8 Å². The largest absolute Gasteiger partial charge is 0.327 e. The van der Waals surface area contributed by atoms with Gasteiger partial charge < -0.3 is 11.1 Å². The molecule has 2 rings (SSSR count). The molecule has 20 heavy (non-hydrogen) atoms. The van der Waals surface area contributed by atoms with Crippen LogP contribution in [0.25, 0.3) is 0 Å². The van der Waals surface area contributed by atoms with Gasteiger partial charge in [0.1, 0.15) is 6.33 Å². The number of amides is 1. The Morgan fingerprint density at radius 1 is 1.35 bits per heavy atom. The molecule has 4 N–H and O–H groups in total. The van der Waals surface area contributed by atoms with Crippen LogP contribution in [0.1, 0.15) is 13.8 Å². The minimum absolute atomic E-state index is 0.0735. The molecule has 0 spiro atoms. The van der Waals surface area contributed by atoms with Crippen molar-refractivity contribution in [3.8, 4) is 0 Å². The number of nitrogens with two attached hydrogens (primary N) is 1. The van der Waals surface area contributed by atoms with Crippen molar-refractivity contribution in [1.82, 2.24) is 15.2 Å². The van der Waals surface area contributed by atoms with Gasteiger partial charge in [-0.1, -0.05) is 18.7 Å². The maximum Gasteiger partial charge on any atom is 0.228 e. The average molecular weight is 291 g/mol. The predicted molar refractivity (Wildman–Crippen MR) is 78.4 cm³/mol. The number of aromatic nitrogens is 3. The Hall–Kier alpha value is -1.86. The SMILES string of the molecule is CC(N)C(C)C(=O)Nc1ccc(Sc2ncn[nH]2)cc1. The molecular formula is C13H17N5OS. The Bertz CT molecular complexity index is 553. The average Bonchev–Trinajstić information content (AvgIpc) is 2.92. The van der Waals surface area contributed by atoms with Crippen LogP contribution in [-0.4, -0.2) is 27.1 Å². The number of carbonyl (C=O) groups is 1. The third kappa shape index (κ3) is 3.82. The van der Waals surface area contributed by atoms with Gasteiger partial charge >= 0.3 is 0 Å². The molecule has 1 heterocycles. The van der Waals surface area contributed by atoms with E-state index in [-0.39, 0.29) is 17.9 Å². The van der Waals surface area contributed by atoms with E-state index in [2.05, 4.69) is 20.5 Å². The monoisotopic (exact) mass is 291 g/mol. The number of nitrogens with one attached hydrogen (secondary N) is 2. The second-order valence-corrected chi connectivity index (χ2v) is 5.62. The van der Waals surface area contributed by atoms with Gasteiger partial charge in [0, 0.05) is 16.6 Å². The number of anilines is 1. The summed E-state index contributed by atoms with van der Waals surface area (Å²) in [6.07, 6.45) is 1.46. The van der Waals surface area contributed by atoms with E-state index < -0.39 is 0 Å². The highest BCUT2D eigenvalue weighted by Crippen LogP contribution is 2.25. The van der Waals surface area contributed by atoms with E-state index in [4.69, 9.17) is 5.73 Å². The van der Waals surface area contributed by atoms with Crippen LogP contribution < -0.4 is 11.1 Å². The molecule has 1 aromatic heterocycles. The lowest BCUT2D eigenvalue weighted by Crippen LogP contribution is -2.34. The lowest BCUT2D eigenvalue weighted by atomic mass is 10.0. The van der Waals surface area contributed by atoms with Crippen molar-refractivity contribution in [3.63, 3.8) is 0 Å². The van der Waals surface area contributed by atoms with Crippen LogP contribution in [-0.2, 0) is 4.79 Å². The number of aromatic amines is 1. The summed E-state index contributed by atoms with van der Waals surface area (Å²) in [7, 11) is 0. The summed E-state index contributed by atoms with van der Waals surface area (Å²) in [5.41, 5.74) is 6.46. The number of benzene rings is 1. The minimum Gasteiger partial charge on any atom is -0.327 e. The molecule has 106 valence electrons. The number of hydrogen-bond donors (Lipinski definition) is 3. The molecule has 0 aliphatic heterocycles. The molecule has 0 aliphatic rings. The maximum atomic E-state index is 11.9. The lowest BCUT2D eigenvalue weighted by molar-refractivity contribution is -0.119. The summed E-state index contributed by atoms with van der Waals surface area (Å²) in [6.45, 7) is 3.63. The summed E-state index contributed by atoms with van der Waals surface area (Å²) in [5, 5.41) is 10.1. The summed E-state index contributed by atoms with van der Waals surface area (Å²) in [5.74, 6) is -0.297. The van der Waals surface area contributed by atoms with Gasteiger partial charge in [-0.15, -0.1) is 0 Å². The van der Waals surface area contributed by atoms with Crippen molar-refractivity contribution in [3.05, 3.63) is 30.6 Å². The fraction of sp³-hybridized carbons (Fsp3) is 0.308. The molecule has 0 bridgehead atoms. The second kappa shape index (κ2) is 6.53. The molecule has 0 aliphatic carbocycles. The summed E-state index contributed by atoms with van der Waals surface area (Å²) < 4.78 is 0. The highest BCUT2D eigenvalue weighted by molar-refractivity contribution is 7.99. The van der Waals surface area contributed by atoms with Gasteiger partial charge in [-0.05, 0) is 31.2 Å². The Morgan fingerprint density at radius 2 is 2.05 bits per heavy atom. The molecule has 2 atom stereocenters. The van der Waals surface area contributed by atoms with E-state index >= 15 is 0 Å². The van der Waals surface area contributed by atoms with E-state index in [1.54, 1.807) is 0 Å². The van der Waals surface area contributed by atoms with Crippen LogP contribution in [0.3, 0.4) is 0 Å². The van der Waals surface area contributed by atoms with E-state index in [1.807, 2.05) is 38.1 Å². The Balaban J connectivity index is 1.96. The first-order valence-electron chi connectivity index (χ1n) is 6.26. The number of H-pyrrole nitrogens is 1. The zero-order chi connectivity index (χ0) is 14.5. The van der Waals surface area contributed by atoms with E-state index in [1.165, 1.54) is 18.1 Å². The van der Waals surface area contributed by atoms with E-state index in [0.717, 1.165) is 15.7 Å². The topological polar surface area (TPSA) is 96.7 Å². The Morgan fingerprint density at radius 3 is 2.60 bits per heavy atom. The molecule has 0 saturated carbocycles. The van der Waals surface area contributed by atoms with Crippen molar-refractivity contribution in [1.29, 1.82) is 0 Å². The molecule has 0 radical (unpaired) electrons. The standard InChI is InChI=1S/C13H17N5OS/c1-8(9(2)14)12(19)17-10-3-5-11(6-4-10)20-13-15-7-16-18-13/h3-9H,14H2,1-2H3,(H,17,19)(H,15,16,18). The first kappa shape index (κ1) is 14.5. The van der Waals surface area contributed by atoms with Crippen molar-refractivity contribution in [2.75, 3.05) is 5.32 Å². The molecule has 2 unspecified atom stereocenters. The molecule has 6 nitrogen and oxygen atoms in total. The summed E-state index contributed by atoms with van der Waals surface area (Å²) in [6, 6.07) is 7.37. The van der Waals surface area contributed by atoms with Gasteiger partial charge in [0.25, 0.3) is 0 Å². The third-order valence-corrected chi connectivity index (χ3v) is 3.83. The van der Waals surface area contributed by atoms with E-state index in [9.17, 15) is 4.79 Å². The number of carbonyl (C=O) groups excluding carboxylic acids is 1. The van der Waals surface area contributed by atoms with Crippen LogP contribution in [0.4, 0.5) is 5.69 Å². The Kier molecular flexibility index (Phi) is 4.75. The molecule has 0 saturated heterocycles. The Labute approximate surface area is 121 Å². The third-order valence-electron chi connectivity index (χ3n) is 2.93. The van der Waals surface area contributed by atoms with E-state index in [0.29, 0.717) is 0 Å². The fourth-order valence-corrected chi connectivity index (χ4v) is 2.15. The van der Waals surface area contributed by atoms with Gasteiger partial charge in [0.05, 0.1) is 5.92 Å². The first-order valence-corrected chi connectivity index (χ1v) is 7.07. The highest BCUT2D eigenvalue weighted by atomic mass is 32.2. The predicted octanol–water partition coefficient (Wildman–Crippen LogP) is 1.88. The van der Waals surface area contributed by atoms with Crippen molar-refractivity contribution in [2.24, 2.45) is 11.7 Å². The van der Waals surface area contributed by atoms with Gasteiger partial charge in [-0.3, -0.25) is 9.89 Å². The van der Waals surface area contributed by atoms with Crippen LogP contribution in [0, 0.1) is 5.92 Å². The highest BCUT2D eigenvalue weighted by Gasteiger charge is 2.16. The molecule has 1 amide bonds. The number of rotatable bonds is 5. The minimum atomic E-state index is -0.224. The second-order valence-electron chi connectivity index (χ2n) is 4.55. The molecule has 0 fully saturated rings.